The summed E-state index contributed by atoms with van der Waals surface area (Å²) < 4.78 is 12.0. The van der Waals surface area contributed by atoms with Crippen LogP contribution in [0.25, 0.3) is 0 Å². The van der Waals surface area contributed by atoms with Crippen molar-refractivity contribution in [2.75, 3.05) is 18.4 Å². The van der Waals surface area contributed by atoms with Crippen LogP contribution in [0.4, 0.5) is 5.69 Å². The monoisotopic (exact) mass is 344 g/mol. The lowest BCUT2D eigenvalue weighted by atomic mass is 9.97. The predicted octanol–water partition coefficient (Wildman–Crippen LogP) is 2.93. The first-order valence-corrected chi connectivity index (χ1v) is 9.13. The molecule has 6 nitrogen and oxygen atoms in total. The quantitative estimate of drug-likeness (QED) is 0.896. The van der Waals surface area contributed by atoms with Gasteiger partial charge in [0.2, 0.25) is 11.8 Å². The highest BCUT2D eigenvalue weighted by atomic mass is 16.7. The molecule has 2 amide bonds. The maximum absolute atomic E-state index is 12.6. The SMILES string of the molecule is CC(=O)N1CCCC(C(=O)Nc2ccc3c(c2)OC2(CCCC2)O3)C1. The van der Waals surface area contributed by atoms with Crippen LogP contribution in [-0.4, -0.2) is 35.6 Å². The molecule has 1 aromatic carbocycles. The van der Waals surface area contributed by atoms with Crippen molar-refractivity contribution in [1.29, 1.82) is 0 Å². The van der Waals surface area contributed by atoms with Gasteiger partial charge in [0.1, 0.15) is 0 Å². The Kier molecular flexibility index (Phi) is 4.06. The number of fused-ring (bicyclic) bond motifs is 1. The lowest BCUT2D eigenvalue weighted by Crippen LogP contribution is -2.42. The molecule has 1 aliphatic carbocycles. The van der Waals surface area contributed by atoms with Crippen LogP contribution in [0.2, 0.25) is 0 Å². The van der Waals surface area contributed by atoms with E-state index in [4.69, 9.17) is 9.47 Å². The number of carbonyl (C=O) groups is 2. The summed E-state index contributed by atoms with van der Waals surface area (Å²) in [6.45, 7) is 2.79. The highest BCUT2D eigenvalue weighted by Gasteiger charge is 2.44. The number of likely N-dealkylation sites (tertiary alicyclic amines) is 1. The van der Waals surface area contributed by atoms with E-state index in [1.54, 1.807) is 11.8 Å². The van der Waals surface area contributed by atoms with Gasteiger partial charge in [-0.05, 0) is 37.8 Å². The number of carbonyl (C=O) groups excluding carboxylic acids is 2. The van der Waals surface area contributed by atoms with Gasteiger partial charge in [0.05, 0.1) is 5.92 Å². The third-order valence-corrected chi connectivity index (χ3v) is 5.41. The molecule has 25 heavy (non-hydrogen) atoms. The molecule has 2 fully saturated rings. The molecule has 4 rings (SSSR count). The minimum atomic E-state index is -0.490. The fraction of sp³-hybridized carbons (Fsp3) is 0.579. The summed E-state index contributed by atoms with van der Waals surface area (Å²) in [5.74, 6) is 0.789. The van der Waals surface area contributed by atoms with Crippen LogP contribution in [0.1, 0.15) is 45.4 Å². The summed E-state index contributed by atoms with van der Waals surface area (Å²) in [6.07, 6.45) is 5.72. The third kappa shape index (κ3) is 3.17. The number of benzene rings is 1. The molecular weight excluding hydrogens is 320 g/mol. The number of hydrogen-bond acceptors (Lipinski definition) is 4. The lowest BCUT2D eigenvalue weighted by Gasteiger charge is -2.31. The molecule has 1 saturated heterocycles. The second kappa shape index (κ2) is 6.24. The number of amides is 2. The van der Waals surface area contributed by atoms with Crippen molar-refractivity contribution in [3.05, 3.63) is 18.2 Å². The predicted molar refractivity (Wildman–Crippen MR) is 92.5 cm³/mol. The molecule has 1 spiro atoms. The van der Waals surface area contributed by atoms with Gasteiger partial charge in [0.25, 0.3) is 5.79 Å². The number of nitrogens with zero attached hydrogens (tertiary/aromatic N) is 1. The van der Waals surface area contributed by atoms with Gasteiger partial charge in [-0.15, -0.1) is 0 Å². The van der Waals surface area contributed by atoms with Crippen molar-refractivity contribution in [1.82, 2.24) is 4.90 Å². The molecule has 0 aromatic heterocycles. The van der Waals surface area contributed by atoms with E-state index in [0.717, 1.165) is 50.8 Å². The Morgan fingerprint density at radius 3 is 2.68 bits per heavy atom. The van der Waals surface area contributed by atoms with E-state index in [0.29, 0.717) is 18.0 Å². The summed E-state index contributed by atoms with van der Waals surface area (Å²) in [5.41, 5.74) is 0.711. The van der Waals surface area contributed by atoms with E-state index in [-0.39, 0.29) is 17.7 Å². The van der Waals surface area contributed by atoms with E-state index in [2.05, 4.69) is 5.32 Å². The molecular formula is C19H24N2O4. The number of ether oxygens (including phenoxy) is 2. The number of hydrogen-bond donors (Lipinski definition) is 1. The zero-order valence-corrected chi connectivity index (χ0v) is 14.5. The van der Waals surface area contributed by atoms with Crippen LogP contribution < -0.4 is 14.8 Å². The van der Waals surface area contributed by atoms with Crippen LogP contribution in [0, 0.1) is 5.92 Å². The van der Waals surface area contributed by atoms with Crippen molar-refractivity contribution in [3.63, 3.8) is 0 Å². The molecule has 0 radical (unpaired) electrons. The fourth-order valence-electron chi connectivity index (χ4n) is 4.01. The van der Waals surface area contributed by atoms with Crippen molar-refractivity contribution < 1.29 is 19.1 Å². The Labute approximate surface area is 147 Å². The molecule has 2 heterocycles. The average Bonchev–Trinajstić information content (AvgIpc) is 3.20. The smallest absolute Gasteiger partial charge is 0.251 e. The average molecular weight is 344 g/mol. The second-order valence-electron chi connectivity index (χ2n) is 7.28. The van der Waals surface area contributed by atoms with Gasteiger partial charge >= 0.3 is 0 Å². The zero-order valence-electron chi connectivity index (χ0n) is 14.5. The molecule has 1 N–H and O–H groups in total. The topological polar surface area (TPSA) is 67.9 Å². The Balaban J connectivity index is 1.42. The summed E-state index contributed by atoms with van der Waals surface area (Å²) >= 11 is 0. The van der Waals surface area contributed by atoms with Crippen LogP contribution in [0.3, 0.4) is 0 Å². The molecule has 0 bridgehead atoms. The highest BCUT2D eigenvalue weighted by Crippen LogP contribution is 2.47. The van der Waals surface area contributed by atoms with Crippen molar-refractivity contribution in [3.8, 4) is 11.5 Å². The zero-order chi connectivity index (χ0) is 17.4. The molecule has 1 aromatic rings. The van der Waals surface area contributed by atoms with Crippen LogP contribution in [-0.2, 0) is 9.59 Å². The van der Waals surface area contributed by atoms with E-state index >= 15 is 0 Å². The Morgan fingerprint density at radius 1 is 1.16 bits per heavy atom. The maximum Gasteiger partial charge on any atom is 0.251 e. The minimum absolute atomic E-state index is 0.0300. The van der Waals surface area contributed by atoms with Crippen LogP contribution in [0.15, 0.2) is 18.2 Å². The minimum Gasteiger partial charge on any atom is -0.448 e. The first-order chi connectivity index (χ1) is 12.0. The van der Waals surface area contributed by atoms with Gasteiger partial charge in [-0.2, -0.15) is 0 Å². The highest BCUT2D eigenvalue weighted by molar-refractivity contribution is 5.93. The van der Waals surface area contributed by atoms with Crippen molar-refractivity contribution in [2.24, 2.45) is 5.92 Å². The molecule has 2 aliphatic heterocycles. The lowest BCUT2D eigenvalue weighted by molar-refractivity contribution is -0.132. The first-order valence-electron chi connectivity index (χ1n) is 9.13. The number of rotatable bonds is 2. The van der Waals surface area contributed by atoms with Gasteiger partial charge in [0.15, 0.2) is 11.5 Å². The number of nitrogens with one attached hydrogen (secondary N) is 1. The number of piperidine rings is 1. The molecule has 3 aliphatic rings. The summed E-state index contributed by atoms with van der Waals surface area (Å²) in [4.78, 5) is 25.9. The van der Waals surface area contributed by atoms with Crippen LogP contribution in [0.5, 0.6) is 11.5 Å². The van der Waals surface area contributed by atoms with E-state index in [9.17, 15) is 9.59 Å². The Hall–Kier alpha value is -2.24. The van der Waals surface area contributed by atoms with Crippen molar-refractivity contribution in [2.45, 2.75) is 51.2 Å². The Bertz CT molecular complexity index is 697. The molecule has 1 unspecified atom stereocenters. The summed E-state index contributed by atoms with van der Waals surface area (Å²) in [5, 5.41) is 2.97. The third-order valence-electron chi connectivity index (χ3n) is 5.41. The largest absolute Gasteiger partial charge is 0.448 e. The molecule has 1 atom stereocenters. The van der Waals surface area contributed by atoms with Gasteiger partial charge in [0, 0.05) is 44.6 Å². The van der Waals surface area contributed by atoms with E-state index < -0.39 is 5.79 Å². The van der Waals surface area contributed by atoms with Crippen LogP contribution >= 0.6 is 0 Å². The van der Waals surface area contributed by atoms with E-state index in [1.165, 1.54) is 0 Å². The van der Waals surface area contributed by atoms with Gasteiger partial charge in [-0.1, -0.05) is 0 Å². The van der Waals surface area contributed by atoms with Gasteiger partial charge in [-0.25, -0.2) is 0 Å². The van der Waals surface area contributed by atoms with E-state index in [1.807, 2.05) is 18.2 Å². The molecule has 6 heteroatoms. The van der Waals surface area contributed by atoms with Gasteiger partial charge in [-0.3, -0.25) is 9.59 Å². The standard InChI is InChI=1S/C19H24N2O4/c1-13(22)21-10-4-5-14(12-21)18(23)20-15-6-7-16-17(11-15)25-19(24-16)8-2-3-9-19/h6-7,11,14H,2-5,8-10,12H2,1H3,(H,20,23). The maximum atomic E-state index is 12.6. The Morgan fingerprint density at radius 2 is 1.92 bits per heavy atom. The number of anilines is 1. The summed E-state index contributed by atoms with van der Waals surface area (Å²) in [7, 11) is 0. The molecule has 134 valence electrons. The fourth-order valence-corrected chi connectivity index (χ4v) is 4.01. The normalized spacial score (nSPS) is 23.7. The van der Waals surface area contributed by atoms with Gasteiger partial charge < -0.3 is 19.7 Å². The molecule has 1 saturated carbocycles. The van der Waals surface area contributed by atoms with Crippen molar-refractivity contribution >= 4 is 17.5 Å². The summed E-state index contributed by atoms with van der Waals surface area (Å²) in [6, 6.07) is 5.55. The second-order valence-corrected chi connectivity index (χ2v) is 7.28. The first kappa shape index (κ1) is 16.2.